The molecule has 280 valence electrons. The van der Waals surface area contributed by atoms with Crippen LogP contribution < -0.4 is 26.0 Å². The number of aliphatic hydroxyl groups excluding tert-OH is 1. The molecule has 0 atom stereocenters. The van der Waals surface area contributed by atoms with Crippen LogP contribution in [0.25, 0.3) is 11.3 Å². The molecule has 3 aromatic heterocycles. The molecule has 0 spiro atoms. The smallest absolute Gasteiger partial charge is 0.293 e. The Hall–Kier alpha value is -5.64. The number of fused-ring (bicyclic) bond motifs is 3. The van der Waals surface area contributed by atoms with Gasteiger partial charge in [0, 0.05) is 68.1 Å². The molecule has 0 bridgehead atoms. The minimum absolute atomic E-state index is 0.0114. The highest BCUT2D eigenvalue weighted by atomic mass is 16.5. The highest BCUT2D eigenvalue weighted by Gasteiger charge is 2.38. The third kappa shape index (κ3) is 6.27. The number of nitrogens with one attached hydrogen (secondary N) is 2. The van der Waals surface area contributed by atoms with E-state index in [4.69, 9.17) is 9.72 Å². The van der Waals surface area contributed by atoms with Crippen molar-refractivity contribution in [1.82, 2.24) is 24.0 Å². The number of hydrogen-bond donors (Lipinski definition) is 3. The quantitative estimate of drug-likeness (QED) is 0.218. The van der Waals surface area contributed by atoms with E-state index >= 15 is 0 Å². The first-order valence-corrected chi connectivity index (χ1v) is 18.1. The minimum Gasteiger partial charge on any atom is -0.392 e. The van der Waals surface area contributed by atoms with Gasteiger partial charge >= 0.3 is 0 Å². The summed E-state index contributed by atoms with van der Waals surface area (Å²) in [4.78, 5) is 67.8. The number of carbonyl (C=O) groups is 3. The van der Waals surface area contributed by atoms with E-state index in [2.05, 4.69) is 45.5 Å². The van der Waals surface area contributed by atoms with Crippen molar-refractivity contribution in [3.05, 3.63) is 88.2 Å². The lowest BCUT2D eigenvalue weighted by atomic mass is 9.90. The average molecular weight is 734 g/mol. The zero-order valence-electron chi connectivity index (χ0n) is 30.6. The van der Waals surface area contributed by atoms with E-state index in [1.165, 1.54) is 15.8 Å². The average Bonchev–Trinajstić information content (AvgIpc) is 3.61. The van der Waals surface area contributed by atoms with E-state index in [1.807, 2.05) is 6.07 Å². The molecule has 3 aliphatic heterocycles. The van der Waals surface area contributed by atoms with Crippen molar-refractivity contribution in [1.29, 1.82) is 0 Å². The van der Waals surface area contributed by atoms with Crippen molar-refractivity contribution < 1.29 is 24.2 Å². The summed E-state index contributed by atoms with van der Waals surface area (Å²) in [6.07, 6.45) is 6.12. The van der Waals surface area contributed by atoms with Gasteiger partial charge in [-0.15, -0.1) is 0 Å². The van der Waals surface area contributed by atoms with E-state index in [0.717, 1.165) is 18.9 Å². The molecule has 3 amide bonds. The summed E-state index contributed by atoms with van der Waals surface area (Å²) in [7, 11) is 1.60. The van der Waals surface area contributed by atoms with Crippen molar-refractivity contribution in [3.63, 3.8) is 0 Å². The molecule has 0 unspecified atom stereocenters. The monoisotopic (exact) mass is 733 g/mol. The predicted molar refractivity (Wildman–Crippen MR) is 203 cm³/mol. The number of rotatable bonds is 9. The zero-order valence-corrected chi connectivity index (χ0v) is 30.6. The second kappa shape index (κ2) is 13.6. The maximum Gasteiger partial charge on any atom is 0.293 e. The van der Waals surface area contributed by atoms with Gasteiger partial charge in [-0.2, -0.15) is 0 Å². The van der Waals surface area contributed by atoms with Crippen LogP contribution in [0.3, 0.4) is 0 Å². The summed E-state index contributed by atoms with van der Waals surface area (Å²) >= 11 is 0. The molecular formula is C39H43N9O6. The lowest BCUT2D eigenvalue weighted by Crippen LogP contribution is -2.58. The molecule has 0 saturated carbocycles. The maximum atomic E-state index is 13.9. The van der Waals surface area contributed by atoms with E-state index in [9.17, 15) is 24.3 Å². The van der Waals surface area contributed by atoms with E-state index < -0.39 is 18.1 Å². The number of anilines is 5. The Balaban J connectivity index is 1.09. The molecule has 3 N–H and O–H groups in total. The van der Waals surface area contributed by atoms with Crippen molar-refractivity contribution in [2.45, 2.75) is 45.9 Å². The number of aliphatic hydroxyl groups is 1. The fourth-order valence-electron chi connectivity index (χ4n) is 8.00. The molecule has 1 aromatic carbocycles. The van der Waals surface area contributed by atoms with Crippen molar-refractivity contribution in [3.8, 4) is 11.3 Å². The van der Waals surface area contributed by atoms with E-state index in [-0.39, 0.29) is 35.6 Å². The van der Waals surface area contributed by atoms with Crippen LogP contribution in [0, 0.1) is 5.41 Å². The summed E-state index contributed by atoms with van der Waals surface area (Å²) < 4.78 is 8.81. The molecule has 15 heteroatoms. The largest absolute Gasteiger partial charge is 0.392 e. The molecule has 0 radical (unpaired) electrons. The van der Waals surface area contributed by atoms with Gasteiger partial charge in [-0.25, -0.2) is 9.97 Å². The molecular weight excluding hydrogens is 690 g/mol. The summed E-state index contributed by atoms with van der Waals surface area (Å²) in [6.45, 7) is 11.2. The summed E-state index contributed by atoms with van der Waals surface area (Å²) in [5.74, 6) is -0.408. The number of benzene rings is 1. The molecule has 4 aromatic rings. The van der Waals surface area contributed by atoms with Crippen LogP contribution in [0.4, 0.5) is 28.7 Å². The first-order chi connectivity index (χ1) is 25.9. The number of piperazine rings is 1. The lowest BCUT2D eigenvalue weighted by molar-refractivity contribution is -0.127. The number of amides is 3. The second-order valence-electron chi connectivity index (χ2n) is 15.1. The van der Waals surface area contributed by atoms with Crippen molar-refractivity contribution in [2.24, 2.45) is 12.5 Å². The Kier molecular flexibility index (Phi) is 8.95. The van der Waals surface area contributed by atoms with Crippen LogP contribution in [-0.4, -0.2) is 92.3 Å². The molecule has 4 aliphatic rings. The second-order valence-corrected chi connectivity index (χ2v) is 15.1. The number of carbonyl (C=O) groups excluding carboxylic acids is 3. The number of ether oxygens (including phenoxy) is 1. The van der Waals surface area contributed by atoms with Crippen LogP contribution in [0.1, 0.15) is 41.2 Å². The van der Waals surface area contributed by atoms with Crippen LogP contribution in [0.2, 0.25) is 0 Å². The molecule has 1 aliphatic carbocycles. The van der Waals surface area contributed by atoms with Gasteiger partial charge < -0.3 is 34.5 Å². The van der Waals surface area contributed by atoms with Crippen LogP contribution in [0.15, 0.2) is 60.2 Å². The number of hydrogen-bond acceptors (Lipinski definition) is 10. The van der Waals surface area contributed by atoms with Crippen LogP contribution in [0.5, 0.6) is 0 Å². The van der Waals surface area contributed by atoms with Gasteiger partial charge in [0.2, 0.25) is 11.8 Å². The number of aryl methyl sites for hydroxylation is 1. The van der Waals surface area contributed by atoms with Crippen molar-refractivity contribution in [2.75, 3.05) is 59.8 Å². The normalized spacial score (nSPS) is 18.3. The zero-order chi connectivity index (χ0) is 37.9. The predicted octanol–water partition coefficient (Wildman–Crippen LogP) is 2.84. The summed E-state index contributed by atoms with van der Waals surface area (Å²) in [5, 5.41) is 16.6. The van der Waals surface area contributed by atoms with Gasteiger partial charge in [-0.1, -0.05) is 20.4 Å². The summed E-state index contributed by atoms with van der Waals surface area (Å²) in [5.41, 5.74) is 5.40. The SMILES string of the molecule is C=CC(=O)Nc1cc(Nc2nc(-c3ccnc(N4CCn5c(cc6c5CC(C)(C)C6)C4=O)c3CO)cn(C)c2=O)ccc1N1CCN(C2COC2)CC1=O. The first kappa shape index (κ1) is 35.4. The Morgan fingerprint density at radius 1 is 1.07 bits per heavy atom. The Morgan fingerprint density at radius 3 is 2.59 bits per heavy atom. The third-order valence-electron chi connectivity index (χ3n) is 10.8. The maximum absolute atomic E-state index is 13.9. The van der Waals surface area contributed by atoms with Gasteiger partial charge in [0.05, 0.1) is 49.5 Å². The van der Waals surface area contributed by atoms with Crippen molar-refractivity contribution >= 4 is 46.4 Å². The fraction of sp³-hybridized carbons (Fsp3) is 0.385. The lowest BCUT2D eigenvalue weighted by Gasteiger charge is -2.42. The number of aromatic nitrogens is 4. The van der Waals surface area contributed by atoms with E-state index in [1.54, 1.807) is 53.5 Å². The highest BCUT2D eigenvalue weighted by molar-refractivity contribution is 6.07. The van der Waals surface area contributed by atoms with E-state index in [0.29, 0.717) is 84.8 Å². The standard InChI is InChI=1S/C39H43N9O6/c1-5-33(50)42-28-15-24(6-7-30(28)47-11-10-45(19-34(47)51)25-21-54-22-25)41-35-38(53)44(4)18-29(43-35)26-8-9-40-36(27(26)20-49)48-13-12-46-31(37(48)52)14-23-16-39(2,3)17-32(23)46/h5-9,14-15,18,25,49H,1,10-13,16-17,19-22H2,2-4H3,(H,41,43)(H,42,50). The van der Waals surface area contributed by atoms with Gasteiger partial charge in [-0.05, 0) is 60.2 Å². The number of pyridine rings is 1. The number of nitrogens with zero attached hydrogens (tertiary/aromatic N) is 7. The molecule has 6 heterocycles. The van der Waals surface area contributed by atoms with Crippen LogP contribution >= 0.6 is 0 Å². The van der Waals surface area contributed by atoms with Gasteiger partial charge in [0.1, 0.15) is 11.5 Å². The fourth-order valence-corrected chi connectivity index (χ4v) is 8.00. The Bertz CT molecular complexity index is 2270. The third-order valence-corrected chi connectivity index (χ3v) is 10.8. The summed E-state index contributed by atoms with van der Waals surface area (Å²) in [6, 6.07) is 9.00. The Labute approximate surface area is 311 Å². The van der Waals surface area contributed by atoms with Gasteiger partial charge in [0.25, 0.3) is 11.5 Å². The van der Waals surface area contributed by atoms with Gasteiger partial charge in [0.15, 0.2) is 5.82 Å². The Morgan fingerprint density at radius 2 is 1.87 bits per heavy atom. The highest BCUT2D eigenvalue weighted by Crippen LogP contribution is 2.40. The molecule has 15 nitrogen and oxygen atoms in total. The van der Waals surface area contributed by atoms with Gasteiger partial charge in [-0.3, -0.25) is 29.0 Å². The first-order valence-electron chi connectivity index (χ1n) is 18.1. The molecule has 54 heavy (non-hydrogen) atoms. The molecule has 8 rings (SSSR count). The van der Waals surface area contributed by atoms with Crippen LogP contribution in [-0.2, 0) is 47.4 Å². The molecule has 2 saturated heterocycles. The minimum atomic E-state index is -0.458. The molecule has 2 fully saturated rings. The topological polar surface area (TPSA) is 167 Å².